The highest BCUT2D eigenvalue weighted by molar-refractivity contribution is 5.47. The fourth-order valence-electron chi connectivity index (χ4n) is 2.23. The van der Waals surface area contributed by atoms with Gasteiger partial charge in [0.05, 0.1) is 7.11 Å². The molecule has 0 bridgehead atoms. The van der Waals surface area contributed by atoms with Crippen LogP contribution in [0.15, 0.2) is 18.2 Å². The Bertz CT molecular complexity index is 377. The molecule has 2 N–H and O–H groups in total. The summed E-state index contributed by atoms with van der Waals surface area (Å²) in [5.74, 6) is 0.926. The third-order valence-electron chi connectivity index (χ3n) is 3.46. The first-order valence-corrected chi connectivity index (χ1v) is 7.25. The van der Waals surface area contributed by atoms with Crippen molar-refractivity contribution in [2.75, 3.05) is 19.4 Å². The maximum Gasteiger partial charge on any atom is 0.123 e. The fourth-order valence-corrected chi connectivity index (χ4v) is 2.23. The zero-order valence-corrected chi connectivity index (χ0v) is 12.8. The van der Waals surface area contributed by atoms with Crippen molar-refractivity contribution in [3.05, 3.63) is 23.8 Å². The quantitative estimate of drug-likeness (QED) is 0.575. The van der Waals surface area contributed by atoms with Gasteiger partial charge in [0.1, 0.15) is 5.75 Å². The lowest BCUT2D eigenvalue weighted by molar-refractivity contribution is 0.206. The Morgan fingerprint density at radius 1 is 1.26 bits per heavy atom. The zero-order chi connectivity index (χ0) is 14.3. The van der Waals surface area contributed by atoms with Crippen molar-refractivity contribution in [2.45, 2.75) is 52.6 Å². The lowest BCUT2D eigenvalue weighted by atomic mass is 10.1. The van der Waals surface area contributed by atoms with Gasteiger partial charge in [-0.25, -0.2) is 0 Å². The molecule has 0 fully saturated rings. The molecule has 0 saturated carbocycles. The van der Waals surface area contributed by atoms with E-state index in [2.05, 4.69) is 25.7 Å². The predicted octanol–water partition coefficient (Wildman–Crippen LogP) is 3.68. The Balaban J connectivity index is 2.75. The summed E-state index contributed by atoms with van der Waals surface area (Å²) in [5, 5.41) is 0. The Hall–Kier alpha value is -1.22. The van der Waals surface area contributed by atoms with Crippen LogP contribution >= 0.6 is 0 Å². The number of hydrogen-bond donors (Lipinski definition) is 1. The number of nitrogens with zero attached hydrogens (tertiary/aromatic N) is 1. The van der Waals surface area contributed by atoms with Gasteiger partial charge in [0.15, 0.2) is 0 Å². The third-order valence-corrected chi connectivity index (χ3v) is 3.46. The number of methoxy groups -OCH3 is 1. The van der Waals surface area contributed by atoms with E-state index in [1.807, 2.05) is 18.2 Å². The summed E-state index contributed by atoms with van der Waals surface area (Å²) < 4.78 is 5.42. The van der Waals surface area contributed by atoms with E-state index < -0.39 is 0 Å². The van der Waals surface area contributed by atoms with Crippen LogP contribution < -0.4 is 10.5 Å². The summed E-state index contributed by atoms with van der Waals surface area (Å²) in [5.41, 5.74) is 7.85. The molecule has 0 aliphatic carbocycles. The molecular weight excluding hydrogens is 236 g/mol. The average molecular weight is 264 g/mol. The molecule has 0 heterocycles. The van der Waals surface area contributed by atoms with Gasteiger partial charge in [-0.1, -0.05) is 19.8 Å². The molecule has 1 aromatic rings. The SMILES string of the molecule is CCCCCN(Cc1cc(N)ccc1OC)C(C)C. The molecule has 0 radical (unpaired) electrons. The smallest absolute Gasteiger partial charge is 0.123 e. The first-order valence-electron chi connectivity index (χ1n) is 7.25. The number of benzene rings is 1. The van der Waals surface area contributed by atoms with E-state index in [4.69, 9.17) is 10.5 Å². The van der Waals surface area contributed by atoms with Crippen molar-refractivity contribution < 1.29 is 4.74 Å². The number of ether oxygens (including phenoxy) is 1. The van der Waals surface area contributed by atoms with Gasteiger partial charge in [0, 0.05) is 23.8 Å². The van der Waals surface area contributed by atoms with Gasteiger partial charge >= 0.3 is 0 Å². The summed E-state index contributed by atoms with van der Waals surface area (Å²) in [6, 6.07) is 6.39. The van der Waals surface area contributed by atoms with Crippen molar-refractivity contribution in [1.82, 2.24) is 4.90 Å². The molecule has 0 spiro atoms. The van der Waals surface area contributed by atoms with Crippen LogP contribution in [0.1, 0.15) is 45.6 Å². The van der Waals surface area contributed by atoms with E-state index in [1.165, 1.54) is 24.8 Å². The lowest BCUT2D eigenvalue weighted by Crippen LogP contribution is -2.31. The van der Waals surface area contributed by atoms with E-state index in [0.29, 0.717) is 6.04 Å². The molecule has 0 atom stereocenters. The van der Waals surface area contributed by atoms with Crippen molar-refractivity contribution in [1.29, 1.82) is 0 Å². The standard InChI is InChI=1S/C16H28N2O/c1-5-6-7-10-18(13(2)3)12-14-11-15(17)8-9-16(14)19-4/h8-9,11,13H,5-7,10,12,17H2,1-4H3. The fraction of sp³-hybridized carbons (Fsp3) is 0.625. The average Bonchev–Trinajstić information content (AvgIpc) is 2.38. The van der Waals surface area contributed by atoms with E-state index >= 15 is 0 Å². The normalized spacial score (nSPS) is 11.3. The lowest BCUT2D eigenvalue weighted by Gasteiger charge is -2.27. The van der Waals surface area contributed by atoms with Gasteiger partial charge in [-0.05, 0) is 45.0 Å². The second-order valence-corrected chi connectivity index (χ2v) is 5.34. The van der Waals surface area contributed by atoms with Gasteiger partial charge in [0.25, 0.3) is 0 Å². The molecule has 3 heteroatoms. The highest BCUT2D eigenvalue weighted by atomic mass is 16.5. The molecule has 0 aliphatic rings. The van der Waals surface area contributed by atoms with Crippen LogP contribution in [0.5, 0.6) is 5.75 Å². The molecule has 0 amide bonds. The number of nitrogen functional groups attached to an aromatic ring is 1. The predicted molar refractivity (Wildman–Crippen MR) is 82.5 cm³/mol. The Morgan fingerprint density at radius 2 is 2.00 bits per heavy atom. The first-order chi connectivity index (χ1) is 9.08. The minimum absolute atomic E-state index is 0.531. The molecule has 1 rings (SSSR count). The van der Waals surface area contributed by atoms with Crippen LogP contribution in [0.3, 0.4) is 0 Å². The number of nitrogens with two attached hydrogens (primary N) is 1. The van der Waals surface area contributed by atoms with Crippen LogP contribution in [0, 0.1) is 0 Å². The van der Waals surface area contributed by atoms with Crippen LogP contribution in [0.2, 0.25) is 0 Å². The zero-order valence-electron chi connectivity index (χ0n) is 12.8. The minimum Gasteiger partial charge on any atom is -0.496 e. The van der Waals surface area contributed by atoms with E-state index in [1.54, 1.807) is 7.11 Å². The molecule has 19 heavy (non-hydrogen) atoms. The summed E-state index contributed by atoms with van der Waals surface area (Å²) >= 11 is 0. The molecular formula is C16H28N2O. The Labute approximate surface area is 117 Å². The highest BCUT2D eigenvalue weighted by Crippen LogP contribution is 2.23. The van der Waals surface area contributed by atoms with Crippen LogP contribution in [0.4, 0.5) is 5.69 Å². The van der Waals surface area contributed by atoms with Crippen molar-refractivity contribution in [3.63, 3.8) is 0 Å². The first kappa shape index (κ1) is 15.8. The van der Waals surface area contributed by atoms with Crippen molar-refractivity contribution in [2.24, 2.45) is 0 Å². The Kier molecular flexibility index (Phi) is 6.71. The van der Waals surface area contributed by atoms with Gasteiger partial charge in [-0.15, -0.1) is 0 Å². The van der Waals surface area contributed by atoms with Gasteiger partial charge in [-0.3, -0.25) is 4.90 Å². The molecule has 0 saturated heterocycles. The van der Waals surface area contributed by atoms with Crippen molar-refractivity contribution >= 4 is 5.69 Å². The molecule has 3 nitrogen and oxygen atoms in total. The summed E-state index contributed by atoms with van der Waals surface area (Å²) in [4.78, 5) is 2.48. The molecule has 1 aromatic carbocycles. The molecule has 108 valence electrons. The monoisotopic (exact) mass is 264 g/mol. The molecule has 0 unspecified atom stereocenters. The van der Waals surface area contributed by atoms with Crippen LogP contribution in [0.25, 0.3) is 0 Å². The summed E-state index contributed by atoms with van der Waals surface area (Å²) in [6.45, 7) is 8.75. The number of unbranched alkanes of at least 4 members (excludes halogenated alkanes) is 2. The number of rotatable bonds is 8. The molecule has 0 aromatic heterocycles. The second kappa shape index (κ2) is 8.05. The van der Waals surface area contributed by atoms with E-state index in [0.717, 1.165) is 24.5 Å². The van der Waals surface area contributed by atoms with E-state index in [9.17, 15) is 0 Å². The van der Waals surface area contributed by atoms with Gasteiger partial charge in [-0.2, -0.15) is 0 Å². The third kappa shape index (κ3) is 5.11. The number of anilines is 1. The van der Waals surface area contributed by atoms with Gasteiger partial charge in [0.2, 0.25) is 0 Å². The van der Waals surface area contributed by atoms with Crippen LogP contribution in [-0.2, 0) is 6.54 Å². The van der Waals surface area contributed by atoms with Gasteiger partial charge < -0.3 is 10.5 Å². The minimum atomic E-state index is 0.531. The second-order valence-electron chi connectivity index (χ2n) is 5.34. The number of hydrogen-bond acceptors (Lipinski definition) is 3. The van der Waals surface area contributed by atoms with Crippen LogP contribution in [-0.4, -0.2) is 24.6 Å². The Morgan fingerprint density at radius 3 is 2.58 bits per heavy atom. The van der Waals surface area contributed by atoms with Crippen molar-refractivity contribution in [3.8, 4) is 5.75 Å². The molecule has 0 aliphatic heterocycles. The summed E-state index contributed by atoms with van der Waals surface area (Å²) in [6.07, 6.45) is 3.80. The largest absolute Gasteiger partial charge is 0.496 e. The maximum absolute atomic E-state index is 5.88. The summed E-state index contributed by atoms with van der Waals surface area (Å²) in [7, 11) is 1.71. The van der Waals surface area contributed by atoms with E-state index in [-0.39, 0.29) is 0 Å². The maximum atomic E-state index is 5.88. The topological polar surface area (TPSA) is 38.5 Å². The highest BCUT2D eigenvalue weighted by Gasteiger charge is 2.13.